The zero-order valence-corrected chi connectivity index (χ0v) is 12.5. The second-order valence-electron chi connectivity index (χ2n) is 5.73. The van der Waals surface area contributed by atoms with Gasteiger partial charge in [0.25, 0.3) is 0 Å². The number of ether oxygens (including phenoxy) is 1. The molecule has 1 aromatic carbocycles. The van der Waals surface area contributed by atoms with E-state index < -0.39 is 5.60 Å². The molecule has 1 heterocycles. The van der Waals surface area contributed by atoms with E-state index in [-0.39, 0.29) is 6.09 Å². The molecule has 0 fully saturated rings. The van der Waals surface area contributed by atoms with Crippen LogP contribution < -0.4 is 5.32 Å². The molecule has 1 amide bonds. The van der Waals surface area contributed by atoms with Gasteiger partial charge < -0.3 is 10.1 Å². The van der Waals surface area contributed by atoms with E-state index in [1.807, 2.05) is 45.0 Å². The maximum atomic E-state index is 11.5. The third-order valence-corrected chi connectivity index (χ3v) is 2.75. The third-order valence-electron chi connectivity index (χ3n) is 2.75. The van der Waals surface area contributed by atoms with Crippen LogP contribution in [0.1, 0.15) is 26.3 Å². The van der Waals surface area contributed by atoms with Gasteiger partial charge in [0.15, 0.2) is 0 Å². The largest absolute Gasteiger partial charge is 0.444 e. The second-order valence-corrected chi connectivity index (χ2v) is 5.73. The summed E-state index contributed by atoms with van der Waals surface area (Å²) in [5.74, 6) is 0. The van der Waals surface area contributed by atoms with E-state index in [1.165, 1.54) is 0 Å². The molecule has 0 saturated carbocycles. The molecule has 0 aliphatic rings. The predicted molar refractivity (Wildman–Crippen MR) is 79.8 cm³/mol. The molecule has 0 aliphatic carbocycles. The Balaban J connectivity index is 1.80. The van der Waals surface area contributed by atoms with Gasteiger partial charge in [0, 0.05) is 18.3 Å². The number of benzene rings is 1. The minimum atomic E-state index is -0.469. The maximum Gasteiger partial charge on any atom is 0.407 e. The maximum absolute atomic E-state index is 11.5. The van der Waals surface area contributed by atoms with Crippen LogP contribution in [-0.4, -0.2) is 33.6 Å². The molecule has 1 aromatic heterocycles. The van der Waals surface area contributed by atoms with E-state index in [4.69, 9.17) is 4.74 Å². The summed E-state index contributed by atoms with van der Waals surface area (Å²) < 4.78 is 5.17. The molecule has 112 valence electrons. The lowest BCUT2D eigenvalue weighted by Crippen LogP contribution is -2.33. The van der Waals surface area contributed by atoms with Crippen molar-refractivity contribution in [1.29, 1.82) is 0 Å². The zero-order chi connectivity index (χ0) is 15.3. The number of H-pyrrole nitrogens is 1. The number of nitrogens with one attached hydrogen (secondary N) is 2. The molecular formula is C15H20N4O2. The molecular weight excluding hydrogens is 268 g/mol. The average Bonchev–Trinajstić information content (AvgIpc) is 2.91. The standard InChI is InChI=1S/C15H20N4O2/c1-15(2,3)21-14(20)16-9-8-11-4-6-12(7-5-11)13-10-17-19-18-13/h4-7,10H,8-9H2,1-3H3,(H,16,20)(H,17,18,19). The Morgan fingerprint density at radius 1 is 1.29 bits per heavy atom. The first-order valence-electron chi connectivity index (χ1n) is 6.87. The summed E-state index contributed by atoms with van der Waals surface area (Å²) in [4.78, 5) is 11.5. The lowest BCUT2D eigenvalue weighted by atomic mass is 10.1. The minimum absolute atomic E-state index is 0.387. The Labute approximate surface area is 123 Å². The van der Waals surface area contributed by atoms with Crippen molar-refractivity contribution in [3.63, 3.8) is 0 Å². The highest BCUT2D eigenvalue weighted by atomic mass is 16.6. The van der Waals surface area contributed by atoms with Crippen molar-refractivity contribution >= 4 is 6.09 Å². The monoisotopic (exact) mass is 288 g/mol. The SMILES string of the molecule is CC(C)(C)OC(=O)NCCc1ccc(-c2c[nH]nn2)cc1. The van der Waals surface area contributed by atoms with Crippen LogP contribution in [0.3, 0.4) is 0 Å². The molecule has 0 spiro atoms. The summed E-state index contributed by atoms with van der Waals surface area (Å²) >= 11 is 0. The molecule has 0 radical (unpaired) electrons. The summed E-state index contributed by atoms with van der Waals surface area (Å²) in [5.41, 5.74) is 2.49. The average molecular weight is 288 g/mol. The Morgan fingerprint density at radius 3 is 2.57 bits per heavy atom. The van der Waals surface area contributed by atoms with Crippen LogP contribution in [0.15, 0.2) is 30.5 Å². The molecule has 2 N–H and O–H groups in total. The van der Waals surface area contributed by atoms with Gasteiger partial charge in [0.05, 0.1) is 0 Å². The lowest BCUT2D eigenvalue weighted by Gasteiger charge is -2.19. The van der Waals surface area contributed by atoms with Crippen LogP contribution in [0.5, 0.6) is 0 Å². The number of hydrogen-bond donors (Lipinski definition) is 2. The number of carbonyl (C=O) groups excluding carboxylic acids is 1. The van der Waals surface area contributed by atoms with Crippen LogP contribution in [0.4, 0.5) is 4.79 Å². The molecule has 21 heavy (non-hydrogen) atoms. The van der Waals surface area contributed by atoms with E-state index >= 15 is 0 Å². The third kappa shape index (κ3) is 4.91. The van der Waals surface area contributed by atoms with Crippen LogP contribution in [0, 0.1) is 0 Å². The molecule has 0 atom stereocenters. The van der Waals surface area contributed by atoms with Crippen LogP contribution in [0.2, 0.25) is 0 Å². The van der Waals surface area contributed by atoms with Crippen LogP contribution in [-0.2, 0) is 11.2 Å². The Kier molecular flexibility index (Phi) is 4.57. The summed E-state index contributed by atoms with van der Waals surface area (Å²) in [7, 11) is 0. The van der Waals surface area contributed by atoms with Gasteiger partial charge in [-0.3, -0.25) is 5.10 Å². The van der Waals surface area contributed by atoms with Crippen LogP contribution in [0.25, 0.3) is 11.3 Å². The van der Waals surface area contributed by atoms with Gasteiger partial charge >= 0.3 is 6.09 Å². The van der Waals surface area contributed by atoms with Crippen molar-refractivity contribution in [2.75, 3.05) is 6.54 Å². The van der Waals surface area contributed by atoms with Crippen LogP contribution >= 0.6 is 0 Å². The van der Waals surface area contributed by atoms with Gasteiger partial charge in [-0.1, -0.05) is 29.5 Å². The number of aromatic amines is 1. The molecule has 6 nitrogen and oxygen atoms in total. The fourth-order valence-electron chi connectivity index (χ4n) is 1.81. The van der Waals surface area contributed by atoms with E-state index in [9.17, 15) is 4.79 Å². The van der Waals surface area contributed by atoms with Crippen molar-refractivity contribution in [3.05, 3.63) is 36.0 Å². The molecule has 0 unspecified atom stereocenters. The number of nitrogens with zero attached hydrogens (tertiary/aromatic N) is 2. The summed E-state index contributed by atoms with van der Waals surface area (Å²) in [6, 6.07) is 8.00. The first-order chi connectivity index (χ1) is 9.94. The van der Waals surface area contributed by atoms with E-state index in [0.29, 0.717) is 6.54 Å². The van der Waals surface area contributed by atoms with Gasteiger partial charge in [-0.05, 0) is 32.8 Å². The summed E-state index contributed by atoms with van der Waals surface area (Å²) in [5, 5.41) is 13.1. The number of amides is 1. The fraction of sp³-hybridized carbons (Fsp3) is 0.400. The highest BCUT2D eigenvalue weighted by molar-refractivity contribution is 5.67. The first-order valence-corrected chi connectivity index (χ1v) is 6.87. The van der Waals surface area contributed by atoms with E-state index in [1.54, 1.807) is 6.20 Å². The highest BCUT2D eigenvalue weighted by Crippen LogP contribution is 2.15. The number of alkyl carbamates (subject to hydrolysis) is 1. The van der Waals surface area contributed by atoms with Crippen molar-refractivity contribution in [1.82, 2.24) is 20.7 Å². The molecule has 0 saturated heterocycles. The lowest BCUT2D eigenvalue weighted by molar-refractivity contribution is 0.0528. The van der Waals surface area contributed by atoms with Gasteiger partial charge in [-0.25, -0.2) is 4.79 Å². The second kappa shape index (κ2) is 6.39. The van der Waals surface area contributed by atoms with Crippen molar-refractivity contribution < 1.29 is 9.53 Å². The fourth-order valence-corrected chi connectivity index (χ4v) is 1.81. The first kappa shape index (κ1) is 15.0. The Bertz CT molecular complexity index is 571. The number of carbonyl (C=O) groups is 1. The molecule has 2 aromatic rings. The summed E-state index contributed by atoms with van der Waals surface area (Å²) in [6.45, 7) is 6.07. The molecule has 0 aliphatic heterocycles. The van der Waals surface area contributed by atoms with Gasteiger partial charge in [-0.15, -0.1) is 5.10 Å². The van der Waals surface area contributed by atoms with Crippen molar-refractivity contribution in [3.8, 4) is 11.3 Å². The van der Waals surface area contributed by atoms with Gasteiger partial charge in [0.2, 0.25) is 0 Å². The van der Waals surface area contributed by atoms with Crippen molar-refractivity contribution in [2.24, 2.45) is 0 Å². The quantitative estimate of drug-likeness (QED) is 0.906. The Morgan fingerprint density at radius 2 is 2.00 bits per heavy atom. The number of hydrogen-bond acceptors (Lipinski definition) is 4. The van der Waals surface area contributed by atoms with Gasteiger partial charge in [0.1, 0.15) is 11.3 Å². The van der Waals surface area contributed by atoms with Crippen molar-refractivity contribution in [2.45, 2.75) is 32.8 Å². The Hall–Kier alpha value is -2.37. The number of rotatable bonds is 4. The molecule has 2 rings (SSSR count). The van der Waals surface area contributed by atoms with E-state index in [0.717, 1.165) is 23.2 Å². The topological polar surface area (TPSA) is 79.9 Å². The van der Waals surface area contributed by atoms with E-state index in [2.05, 4.69) is 20.7 Å². The smallest absolute Gasteiger partial charge is 0.407 e. The van der Waals surface area contributed by atoms with Gasteiger partial charge in [-0.2, -0.15) is 0 Å². The normalized spacial score (nSPS) is 11.2. The predicted octanol–water partition coefficient (Wildman–Crippen LogP) is 2.54. The zero-order valence-electron chi connectivity index (χ0n) is 12.5. The highest BCUT2D eigenvalue weighted by Gasteiger charge is 2.15. The minimum Gasteiger partial charge on any atom is -0.444 e. The summed E-state index contributed by atoms with van der Waals surface area (Å²) in [6.07, 6.45) is 2.11. The number of aromatic nitrogens is 3. The molecule has 6 heteroatoms. The molecule has 0 bridgehead atoms.